The summed E-state index contributed by atoms with van der Waals surface area (Å²) in [7, 11) is 0. The van der Waals surface area contributed by atoms with Crippen LogP contribution in [0.15, 0.2) is 60.7 Å². The summed E-state index contributed by atoms with van der Waals surface area (Å²) in [6.45, 7) is 2.81. The number of amides is 1. The fourth-order valence-electron chi connectivity index (χ4n) is 4.11. The highest BCUT2D eigenvalue weighted by atomic mass is 35.5. The van der Waals surface area contributed by atoms with Crippen LogP contribution in [0.1, 0.15) is 29.2 Å². The average molecular weight is 482 g/mol. The fourth-order valence-corrected chi connectivity index (χ4v) is 4.30. The number of hydrogen-bond acceptors (Lipinski definition) is 4. The summed E-state index contributed by atoms with van der Waals surface area (Å²) in [5.41, 5.74) is 4.43. The monoisotopic (exact) mass is 481 g/mol. The minimum absolute atomic E-state index is 0.0435. The van der Waals surface area contributed by atoms with Crippen LogP contribution in [-0.2, 0) is 40.3 Å². The van der Waals surface area contributed by atoms with Crippen LogP contribution in [0.2, 0.25) is 5.02 Å². The van der Waals surface area contributed by atoms with Crippen LogP contribution in [0.4, 0.5) is 9.18 Å². The molecule has 0 saturated heterocycles. The van der Waals surface area contributed by atoms with E-state index in [1.165, 1.54) is 6.07 Å². The van der Waals surface area contributed by atoms with Gasteiger partial charge in [-0.2, -0.15) is 0 Å². The van der Waals surface area contributed by atoms with Gasteiger partial charge in [-0.05, 0) is 64.9 Å². The van der Waals surface area contributed by atoms with Gasteiger partial charge in [0.2, 0.25) is 0 Å². The van der Waals surface area contributed by atoms with E-state index in [-0.39, 0.29) is 38.0 Å². The van der Waals surface area contributed by atoms with Crippen molar-refractivity contribution in [1.29, 1.82) is 0 Å². The van der Waals surface area contributed by atoms with E-state index >= 15 is 0 Å². The maximum absolute atomic E-state index is 14.6. The van der Waals surface area contributed by atoms with E-state index < -0.39 is 6.09 Å². The molecule has 0 unspecified atom stereocenters. The van der Waals surface area contributed by atoms with E-state index in [1.807, 2.05) is 42.5 Å². The number of rotatable bonds is 6. The average Bonchev–Trinajstić information content (AvgIpc) is 2.85. The van der Waals surface area contributed by atoms with Gasteiger partial charge in [0.05, 0.1) is 13.0 Å². The third kappa shape index (κ3) is 5.39. The van der Waals surface area contributed by atoms with Gasteiger partial charge < -0.3 is 14.4 Å². The normalized spacial score (nSPS) is 12.7. The second kappa shape index (κ2) is 10.7. The molecular formula is C27H25ClFNO4. The summed E-state index contributed by atoms with van der Waals surface area (Å²) in [5, 5.41) is 0.457. The highest BCUT2D eigenvalue weighted by Gasteiger charge is 2.26. The second-order valence-corrected chi connectivity index (χ2v) is 8.46. The largest absolute Gasteiger partial charge is 0.466 e. The highest BCUT2D eigenvalue weighted by Crippen LogP contribution is 2.34. The molecule has 0 atom stereocenters. The molecule has 5 nitrogen and oxygen atoms in total. The zero-order chi connectivity index (χ0) is 24.1. The molecule has 0 aromatic heterocycles. The van der Waals surface area contributed by atoms with Crippen LogP contribution in [-0.4, -0.2) is 30.1 Å². The molecule has 7 heteroatoms. The van der Waals surface area contributed by atoms with Gasteiger partial charge >= 0.3 is 12.1 Å². The van der Waals surface area contributed by atoms with Crippen molar-refractivity contribution in [3.63, 3.8) is 0 Å². The van der Waals surface area contributed by atoms with Gasteiger partial charge in [0.15, 0.2) is 0 Å². The standard InChI is InChI=1S/C27H25ClFNO4/c1-2-33-26(31)15-20-14-19(8-10-24(20)28)21-9-11-25(29)22-12-13-30(16-23(21)22)27(32)34-17-18-6-4-3-5-7-18/h3-11,14H,2,12-13,15-17H2,1H3. The van der Waals surface area contributed by atoms with E-state index in [9.17, 15) is 14.0 Å². The Balaban J connectivity index is 1.58. The zero-order valence-corrected chi connectivity index (χ0v) is 19.6. The maximum atomic E-state index is 14.6. The van der Waals surface area contributed by atoms with Crippen LogP contribution >= 0.6 is 11.6 Å². The number of halogens is 2. The van der Waals surface area contributed by atoms with Crippen molar-refractivity contribution >= 4 is 23.7 Å². The molecule has 0 saturated carbocycles. The Morgan fingerprint density at radius 1 is 1.03 bits per heavy atom. The fraction of sp³-hybridized carbons (Fsp3) is 0.259. The Labute approximate surface area is 203 Å². The number of esters is 1. The first kappa shape index (κ1) is 23.8. The first-order chi connectivity index (χ1) is 16.5. The molecule has 3 aromatic rings. The molecule has 0 aliphatic carbocycles. The third-order valence-electron chi connectivity index (χ3n) is 5.81. The summed E-state index contributed by atoms with van der Waals surface area (Å²) >= 11 is 6.31. The molecule has 4 rings (SSSR count). The number of carbonyl (C=O) groups excluding carboxylic acids is 2. The van der Waals surface area contributed by atoms with Crippen molar-refractivity contribution in [1.82, 2.24) is 4.90 Å². The zero-order valence-electron chi connectivity index (χ0n) is 18.9. The van der Waals surface area contributed by atoms with Gasteiger partial charge in [-0.15, -0.1) is 0 Å². The molecule has 1 aliphatic rings. The summed E-state index contributed by atoms with van der Waals surface area (Å²) in [6, 6.07) is 18.0. The van der Waals surface area contributed by atoms with Crippen molar-refractivity contribution < 1.29 is 23.5 Å². The first-order valence-corrected chi connectivity index (χ1v) is 11.5. The van der Waals surface area contributed by atoms with Gasteiger partial charge in [-0.1, -0.05) is 54.1 Å². The summed E-state index contributed by atoms with van der Waals surface area (Å²) in [4.78, 5) is 26.3. The Hall–Kier alpha value is -3.38. The quantitative estimate of drug-likeness (QED) is 0.408. The van der Waals surface area contributed by atoms with Gasteiger partial charge in [-0.3, -0.25) is 4.79 Å². The number of benzene rings is 3. The molecule has 0 radical (unpaired) electrons. The van der Waals surface area contributed by atoms with Gasteiger partial charge in [-0.25, -0.2) is 9.18 Å². The lowest BCUT2D eigenvalue weighted by molar-refractivity contribution is -0.142. The Bertz CT molecular complexity index is 1200. The van der Waals surface area contributed by atoms with Crippen molar-refractivity contribution in [3.05, 3.63) is 93.8 Å². The van der Waals surface area contributed by atoms with Crippen LogP contribution < -0.4 is 0 Å². The predicted molar refractivity (Wildman–Crippen MR) is 128 cm³/mol. The van der Waals surface area contributed by atoms with Crippen LogP contribution in [0.5, 0.6) is 0 Å². The minimum atomic E-state index is -0.441. The highest BCUT2D eigenvalue weighted by molar-refractivity contribution is 6.31. The van der Waals surface area contributed by atoms with Crippen molar-refractivity contribution in [2.75, 3.05) is 13.2 Å². The predicted octanol–water partition coefficient (Wildman–Crippen LogP) is 5.95. The van der Waals surface area contributed by atoms with E-state index in [1.54, 1.807) is 24.0 Å². The molecule has 1 aliphatic heterocycles. The van der Waals surface area contributed by atoms with E-state index in [0.29, 0.717) is 29.1 Å². The molecule has 0 spiro atoms. The number of hydrogen-bond donors (Lipinski definition) is 0. The third-order valence-corrected chi connectivity index (χ3v) is 6.18. The van der Waals surface area contributed by atoms with Gasteiger partial charge in [0.25, 0.3) is 0 Å². The Kier molecular flexibility index (Phi) is 7.48. The number of carbonyl (C=O) groups is 2. The molecule has 1 amide bonds. The maximum Gasteiger partial charge on any atom is 0.410 e. The van der Waals surface area contributed by atoms with Crippen molar-refractivity contribution in [2.45, 2.75) is 32.9 Å². The summed E-state index contributed by atoms with van der Waals surface area (Å²) in [5.74, 6) is -0.660. The molecular weight excluding hydrogens is 457 g/mol. The SMILES string of the molecule is CCOC(=O)Cc1cc(-c2ccc(F)c3c2CN(C(=O)OCc2ccccc2)CC3)ccc1Cl. The van der Waals surface area contributed by atoms with Crippen LogP contribution in [0.3, 0.4) is 0 Å². The second-order valence-electron chi connectivity index (χ2n) is 8.05. The van der Waals surface area contributed by atoms with E-state index in [4.69, 9.17) is 21.1 Å². The Morgan fingerprint density at radius 3 is 2.59 bits per heavy atom. The first-order valence-electron chi connectivity index (χ1n) is 11.2. The van der Waals surface area contributed by atoms with E-state index in [0.717, 1.165) is 22.3 Å². The molecule has 0 N–H and O–H groups in total. The topological polar surface area (TPSA) is 55.8 Å². The molecule has 34 heavy (non-hydrogen) atoms. The molecule has 3 aromatic carbocycles. The molecule has 176 valence electrons. The number of ether oxygens (including phenoxy) is 2. The number of fused-ring (bicyclic) bond motifs is 1. The van der Waals surface area contributed by atoms with Gasteiger partial charge in [0.1, 0.15) is 12.4 Å². The van der Waals surface area contributed by atoms with Crippen molar-refractivity contribution in [2.24, 2.45) is 0 Å². The lowest BCUT2D eigenvalue weighted by Gasteiger charge is -2.30. The summed E-state index contributed by atoms with van der Waals surface area (Å²) < 4.78 is 25.2. The molecule has 0 bridgehead atoms. The Morgan fingerprint density at radius 2 is 1.82 bits per heavy atom. The van der Waals surface area contributed by atoms with Crippen LogP contribution in [0, 0.1) is 5.82 Å². The van der Waals surface area contributed by atoms with Crippen molar-refractivity contribution in [3.8, 4) is 11.1 Å². The lowest BCUT2D eigenvalue weighted by atomic mass is 9.90. The van der Waals surface area contributed by atoms with E-state index in [2.05, 4.69) is 0 Å². The number of nitrogens with zero attached hydrogens (tertiary/aromatic N) is 1. The van der Waals surface area contributed by atoms with Crippen LogP contribution in [0.25, 0.3) is 11.1 Å². The summed E-state index contributed by atoms with van der Waals surface area (Å²) in [6.07, 6.45) is -0.00980. The minimum Gasteiger partial charge on any atom is -0.466 e. The lowest BCUT2D eigenvalue weighted by Crippen LogP contribution is -2.37. The van der Waals surface area contributed by atoms with Gasteiger partial charge in [0, 0.05) is 18.1 Å². The molecule has 1 heterocycles. The smallest absolute Gasteiger partial charge is 0.410 e. The molecule has 0 fully saturated rings.